The van der Waals surface area contributed by atoms with Gasteiger partial charge in [-0.2, -0.15) is 0 Å². The van der Waals surface area contributed by atoms with Crippen LogP contribution in [0.3, 0.4) is 0 Å². The molecule has 0 unspecified atom stereocenters. The van der Waals surface area contributed by atoms with Gasteiger partial charge in [0.1, 0.15) is 11.4 Å². The summed E-state index contributed by atoms with van der Waals surface area (Å²) in [6, 6.07) is 12.5. The number of H-pyrrole nitrogens is 1. The van der Waals surface area contributed by atoms with E-state index in [1.165, 1.54) is 0 Å². The minimum absolute atomic E-state index is 0.509. The number of nitrogens with one attached hydrogen (secondary N) is 2. The number of amides is 1. The number of carbonyl (C=O) groups excluding carboxylic acids is 1. The summed E-state index contributed by atoms with van der Waals surface area (Å²) in [6.45, 7) is 0. The summed E-state index contributed by atoms with van der Waals surface area (Å²) in [7, 11) is 0. The molecule has 1 heterocycles. The molecule has 0 aliphatic heterocycles. The maximum absolute atomic E-state index is 11.4. The first-order valence-electron chi connectivity index (χ1n) is 4.84. The minimum atomic E-state index is -0.509. The van der Waals surface area contributed by atoms with E-state index in [1.807, 2.05) is 6.07 Å². The zero-order valence-corrected chi connectivity index (χ0v) is 8.51. The first kappa shape index (κ1) is 10.2. The molecule has 0 aliphatic carbocycles. The highest BCUT2D eigenvalue weighted by molar-refractivity contribution is 5.85. The predicted molar refractivity (Wildman–Crippen MR) is 59.1 cm³/mol. The Hall–Kier alpha value is -2.36. The topological polar surface area (TPSA) is 52.5 Å². The van der Waals surface area contributed by atoms with E-state index in [0.717, 1.165) is 0 Å². The number of ether oxygens (including phenoxy) is 1. The molecule has 0 atom stereocenters. The maximum Gasteiger partial charge on any atom is 0.417 e. The third-order valence-corrected chi connectivity index (χ3v) is 1.91. The van der Waals surface area contributed by atoms with Crippen molar-refractivity contribution >= 4 is 11.8 Å². The third-order valence-electron chi connectivity index (χ3n) is 1.91. The third kappa shape index (κ3) is 2.81. The van der Waals surface area contributed by atoms with Crippen LogP contribution in [0.1, 0.15) is 0 Å². The van der Waals surface area contributed by atoms with Crippen molar-refractivity contribution in [2.24, 2.45) is 0 Å². The van der Waals surface area contributed by atoms with Crippen molar-refractivity contribution < 1.29 is 14.5 Å². The Morgan fingerprint density at radius 3 is 2.62 bits per heavy atom. The van der Waals surface area contributed by atoms with Gasteiger partial charge in [-0.25, -0.2) is 9.78 Å². The Labute approximate surface area is 92.9 Å². The number of aromatic amines is 1. The van der Waals surface area contributed by atoms with Gasteiger partial charge in [-0.3, -0.25) is 5.32 Å². The molecule has 2 aromatic rings. The second-order valence-electron chi connectivity index (χ2n) is 3.12. The van der Waals surface area contributed by atoms with Gasteiger partial charge in [0.2, 0.25) is 0 Å². The molecule has 0 fully saturated rings. The molecule has 4 heteroatoms. The van der Waals surface area contributed by atoms with Crippen molar-refractivity contribution in [1.82, 2.24) is 0 Å². The Morgan fingerprint density at radius 2 is 1.94 bits per heavy atom. The van der Waals surface area contributed by atoms with Gasteiger partial charge in [-0.15, -0.1) is 0 Å². The van der Waals surface area contributed by atoms with E-state index in [-0.39, 0.29) is 0 Å². The van der Waals surface area contributed by atoms with Crippen molar-refractivity contribution in [3.63, 3.8) is 0 Å². The van der Waals surface area contributed by atoms with Crippen LogP contribution < -0.4 is 15.0 Å². The lowest BCUT2D eigenvalue weighted by Gasteiger charge is -2.04. The fourth-order valence-corrected chi connectivity index (χ4v) is 1.21. The van der Waals surface area contributed by atoms with Crippen LogP contribution in [0.4, 0.5) is 10.5 Å². The van der Waals surface area contributed by atoms with E-state index in [1.54, 1.807) is 48.8 Å². The minimum Gasteiger partial charge on any atom is -0.410 e. The fourth-order valence-electron chi connectivity index (χ4n) is 1.21. The van der Waals surface area contributed by atoms with Crippen molar-refractivity contribution in [1.29, 1.82) is 0 Å². The zero-order chi connectivity index (χ0) is 11.2. The monoisotopic (exact) mass is 215 g/mol. The molecular weight excluding hydrogens is 204 g/mol. The van der Waals surface area contributed by atoms with Crippen molar-refractivity contribution in [2.45, 2.75) is 0 Å². The van der Waals surface area contributed by atoms with Crippen molar-refractivity contribution in [2.75, 3.05) is 5.32 Å². The average Bonchev–Trinajstić information content (AvgIpc) is 2.31. The number of pyridine rings is 1. The van der Waals surface area contributed by atoms with Crippen LogP contribution in [0.25, 0.3) is 0 Å². The number of rotatable bonds is 2. The smallest absolute Gasteiger partial charge is 0.410 e. The lowest BCUT2D eigenvalue weighted by molar-refractivity contribution is -0.377. The Bertz CT molecular complexity index is 413. The molecule has 0 radical (unpaired) electrons. The van der Waals surface area contributed by atoms with Crippen LogP contribution in [0.2, 0.25) is 0 Å². The first-order chi connectivity index (χ1) is 7.84. The molecule has 1 amide bonds. The van der Waals surface area contributed by atoms with Crippen LogP contribution in [-0.2, 0) is 0 Å². The summed E-state index contributed by atoms with van der Waals surface area (Å²) in [5.41, 5.74) is 0.656. The highest BCUT2D eigenvalue weighted by Gasteiger charge is 2.05. The molecule has 0 aliphatic rings. The van der Waals surface area contributed by atoms with E-state index < -0.39 is 6.09 Å². The van der Waals surface area contributed by atoms with Crippen LogP contribution in [0, 0.1) is 0 Å². The molecule has 80 valence electrons. The zero-order valence-electron chi connectivity index (χ0n) is 8.51. The van der Waals surface area contributed by atoms with Crippen LogP contribution >= 0.6 is 0 Å². The van der Waals surface area contributed by atoms with Gasteiger partial charge in [0.15, 0.2) is 12.4 Å². The molecular formula is C12H11N2O2+. The Morgan fingerprint density at radius 1 is 1.12 bits per heavy atom. The molecule has 1 aromatic carbocycles. The molecule has 2 rings (SSSR count). The number of carbonyl (C=O) groups is 1. The number of anilines is 1. The number of aromatic nitrogens is 1. The van der Waals surface area contributed by atoms with E-state index >= 15 is 0 Å². The van der Waals surface area contributed by atoms with E-state index in [9.17, 15) is 4.79 Å². The summed E-state index contributed by atoms with van der Waals surface area (Å²) < 4.78 is 5.05. The second kappa shape index (κ2) is 4.93. The molecule has 1 aromatic heterocycles. The van der Waals surface area contributed by atoms with E-state index in [2.05, 4.69) is 10.3 Å². The molecule has 0 spiro atoms. The van der Waals surface area contributed by atoms with Gasteiger partial charge in [0.25, 0.3) is 0 Å². The number of para-hydroxylation sites is 1. The lowest BCUT2D eigenvalue weighted by atomic mass is 10.3. The van der Waals surface area contributed by atoms with Gasteiger partial charge in [0.05, 0.1) is 0 Å². The predicted octanol–water partition coefficient (Wildman–Crippen LogP) is 2.11. The van der Waals surface area contributed by atoms with Crippen LogP contribution in [-0.4, -0.2) is 6.09 Å². The van der Waals surface area contributed by atoms with Crippen LogP contribution in [0.5, 0.6) is 5.75 Å². The number of benzene rings is 1. The van der Waals surface area contributed by atoms with Gasteiger partial charge in [-0.1, -0.05) is 18.2 Å². The summed E-state index contributed by atoms with van der Waals surface area (Å²) in [5, 5.41) is 2.60. The van der Waals surface area contributed by atoms with Crippen molar-refractivity contribution in [3.05, 3.63) is 54.9 Å². The quantitative estimate of drug-likeness (QED) is 0.834. The van der Waals surface area contributed by atoms with E-state index in [4.69, 9.17) is 4.74 Å². The van der Waals surface area contributed by atoms with Gasteiger partial charge < -0.3 is 4.74 Å². The molecule has 0 saturated carbocycles. The Balaban J connectivity index is 1.95. The summed E-state index contributed by atoms with van der Waals surface area (Å²) in [5.74, 6) is 0.514. The number of hydrogen-bond donors (Lipinski definition) is 1. The maximum atomic E-state index is 11.4. The normalized spacial score (nSPS) is 9.50. The van der Waals surface area contributed by atoms with Crippen molar-refractivity contribution in [3.8, 4) is 5.75 Å². The lowest BCUT2D eigenvalue weighted by Crippen LogP contribution is -2.17. The largest absolute Gasteiger partial charge is 0.417 e. The Kier molecular flexibility index (Phi) is 3.13. The van der Waals surface area contributed by atoms with Crippen LogP contribution in [0.15, 0.2) is 54.9 Å². The van der Waals surface area contributed by atoms with E-state index in [0.29, 0.717) is 11.4 Å². The SMILES string of the molecule is O=C(Nc1ccc[nH+]c1)Oc1ccccc1. The summed E-state index contributed by atoms with van der Waals surface area (Å²) >= 11 is 0. The van der Waals surface area contributed by atoms with Gasteiger partial charge >= 0.3 is 6.09 Å². The molecule has 0 saturated heterocycles. The standard InChI is InChI=1S/C12H10N2O2/c15-12(14-10-5-4-8-13-9-10)16-11-6-2-1-3-7-11/h1-9H,(H,14,15)/p+1. The highest BCUT2D eigenvalue weighted by atomic mass is 16.6. The highest BCUT2D eigenvalue weighted by Crippen LogP contribution is 2.09. The molecule has 2 N–H and O–H groups in total. The van der Waals surface area contributed by atoms with Gasteiger partial charge in [-0.05, 0) is 18.2 Å². The molecule has 4 nitrogen and oxygen atoms in total. The summed E-state index contributed by atoms with van der Waals surface area (Å²) in [4.78, 5) is 14.3. The van der Waals surface area contributed by atoms with Gasteiger partial charge in [0, 0.05) is 6.07 Å². The average molecular weight is 215 g/mol. The fraction of sp³-hybridized carbons (Fsp3) is 0. The second-order valence-corrected chi connectivity index (χ2v) is 3.12. The summed E-state index contributed by atoms with van der Waals surface area (Å²) in [6.07, 6.45) is 2.92. The molecule has 16 heavy (non-hydrogen) atoms. The number of hydrogen-bond acceptors (Lipinski definition) is 2. The molecule has 0 bridgehead atoms. The first-order valence-corrected chi connectivity index (χ1v) is 4.84.